The average Bonchev–Trinajstić information content (AvgIpc) is 2.56. The van der Waals surface area contributed by atoms with Crippen molar-refractivity contribution >= 4 is 0 Å². The Morgan fingerprint density at radius 3 is 2.15 bits per heavy atom. The Kier molecular flexibility index (Phi) is 4.74. The highest BCUT2D eigenvalue weighted by Crippen LogP contribution is 2.25. The molecule has 2 aliphatic rings. The SMILES string of the molecule is C1CNCC2(C1)CCCN2.CCC. The molecule has 0 amide bonds. The van der Waals surface area contributed by atoms with Crippen LogP contribution >= 0.6 is 0 Å². The van der Waals surface area contributed by atoms with Crippen molar-refractivity contribution in [3.63, 3.8) is 0 Å². The quantitative estimate of drug-likeness (QED) is 0.601. The topological polar surface area (TPSA) is 24.1 Å². The van der Waals surface area contributed by atoms with Gasteiger partial charge in [-0.3, -0.25) is 0 Å². The molecule has 78 valence electrons. The van der Waals surface area contributed by atoms with Crippen molar-refractivity contribution in [1.29, 1.82) is 0 Å². The fraction of sp³-hybridized carbons (Fsp3) is 1.00. The predicted octanol–water partition coefficient (Wildman–Crippen LogP) is 1.91. The Balaban J connectivity index is 0.000000251. The standard InChI is InChI=1S/C8H16N2.C3H8/c1-3-8(7-9-5-1)4-2-6-10-8;1-3-2/h9-10H,1-7H2;3H2,1-2H3. The third kappa shape index (κ3) is 3.28. The molecule has 0 aromatic rings. The summed E-state index contributed by atoms with van der Waals surface area (Å²) < 4.78 is 0. The first-order chi connectivity index (χ1) is 6.33. The van der Waals surface area contributed by atoms with Gasteiger partial charge in [-0.1, -0.05) is 20.3 Å². The van der Waals surface area contributed by atoms with Crippen molar-refractivity contribution in [2.24, 2.45) is 0 Å². The summed E-state index contributed by atoms with van der Waals surface area (Å²) in [7, 11) is 0. The van der Waals surface area contributed by atoms with Crippen molar-refractivity contribution in [2.75, 3.05) is 19.6 Å². The van der Waals surface area contributed by atoms with Crippen LogP contribution in [0, 0.1) is 0 Å². The van der Waals surface area contributed by atoms with E-state index < -0.39 is 0 Å². The molecule has 2 nitrogen and oxygen atoms in total. The Hall–Kier alpha value is -0.0800. The van der Waals surface area contributed by atoms with Crippen molar-refractivity contribution in [2.45, 2.75) is 51.5 Å². The molecule has 1 spiro atoms. The Bertz CT molecular complexity index is 120. The van der Waals surface area contributed by atoms with Crippen LogP contribution in [-0.2, 0) is 0 Å². The van der Waals surface area contributed by atoms with Gasteiger partial charge in [-0.2, -0.15) is 0 Å². The molecule has 0 aromatic heterocycles. The first-order valence-electron chi connectivity index (χ1n) is 5.79. The molecule has 0 aliphatic carbocycles. The van der Waals surface area contributed by atoms with Crippen LogP contribution in [-0.4, -0.2) is 25.2 Å². The maximum atomic E-state index is 3.61. The normalized spacial score (nSPS) is 32.8. The molecule has 2 aliphatic heterocycles. The molecule has 0 bridgehead atoms. The molecule has 1 unspecified atom stereocenters. The van der Waals surface area contributed by atoms with E-state index in [1.165, 1.54) is 51.7 Å². The summed E-state index contributed by atoms with van der Waals surface area (Å²) in [4.78, 5) is 0. The van der Waals surface area contributed by atoms with E-state index in [0.29, 0.717) is 5.54 Å². The lowest BCUT2D eigenvalue weighted by Gasteiger charge is -2.34. The molecule has 13 heavy (non-hydrogen) atoms. The van der Waals surface area contributed by atoms with Crippen LogP contribution in [0.3, 0.4) is 0 Å². The van der Waals surface area contributed by atoms with Crippen LogP contribution in [0.5, 0.6) is 0 Å². The molecule has 2 fully saturated rings. The van der Waals surface area contributed by atoms with Crippen LogP contribution in [0.4, 0.5) is 0 Å². The fourth-order valence-corrected chi connectivity index (χ4v) is 2.20. The average molecular weight is 184 g/mol. The third-order valence-electron chi connectivity index (χ3n) is 2.80. The lowest BCUT2D eigenvalue weighted by molar-refractivity contribution is 0.282. The maximum absolute atomic E-state index is 3.61. The molecule has 2 heterocycles. The lowest BCUT2D eigenvalue weighted by Crippen LogP contribution is -2.52. The van der Waals surface area contributed by atoms with E-state index in [9.17, 15) is 0 Å². The Morgan fingerprint density at radius 1 is 1.08 bits per heavy atom. The van der Waals surface area contributed by atoms with Gasteiger partial charge < -0.3 is 10.6 Å². The zero-order valence-corrected chi connectivity index (χ0v) is 9.16. The van der Waals surface area contributed by atoms with Gasteiger partial charge >= 0.3 is 0 Å². The molecular formula is C11H24N2. The van der Waals surface area contributed by atoms with Crippen LogP contribution in [0.25, 0.3) is 0 Å². The highest BCUT2D eigenvalue weighted by molar-refractivity contribution is 4.96. The molecule has 2 rings (SSSR count). The second-order valence-corrected chi connectivity index (χ2v) is 4.30. The second-order valence-electron chi connectivity index (χ2n) is 4.30. The van der Waals surface area contributed by atoms with E-state index in [1.807, 2.05) is 0 Å². The molecule has 2 N–H and O–H groups in total. The number of piperidine rings is 1. The number of rotatable bonds is 0. The highest BCUT2D eigenvalue weighted by Gasteiger charge is 2.33. The summed E-state index contributed by atoms with van der Waals surface area (Å²) >= 11 is 0. The van der Waals surface area contributed by atoms with Crippen molar-refractivity contribution < 1.29 is 0 Å². The van der Waals surface area contributed by atoms with Crippen molar-refractivity contribution in [3.8, 4) is 0 Å². The second kappa shape index (κ2) is 5.61. The van der Waals surface area contributed by atoms with Gasteiger partial charge in [0.2, 0.25) is 0 Å². The number of hydrogen-bond donors (Lipinski definition) is 2. The summed E-state index contributed by atoms with van der Waals surface area (Å²) in [6.45, 7) is 7.91. The number of hydrogen-bond acceptors (Lipinski definition) is 2. The minimum absolute atomic E-state index is 0.512. The smallest absolute Gasteiger partial charge is 0.0307 e. The summed E-state index contributed by atoms with van der Waals surface area (Å²) in [6.07, 6.45) is 6.76. The molecule has 2 heteroatoms. The largest absolute Gasteiger partial charge is 0.315 e. The first kappa shape index (κ1) is 11.0. The molecule has 0 aromatic carbocycles. The monoisotopic (exact) mass is 184 g/mol. The Morgan fingerprint density at radius 2 is 1.69 bits per heavy atom. The van der Waals surface area contributed by atoms with Crippen LogP contribution < -0.4 is 10.6 Å². The van der Waals surface area contributed by atoms with E-state index in [4.69, 9.17) is 0 Å². The minimum Gasteiger partial charge on any atom is -0.315 e. The maximum Gasteiger partial charge on any atom is 0.0307 e. The highest BCUT2D eigenvalue weighted by atomic mass is 15.1. The summed E-state index contributed by atoms with van der Waals surface area (Å²) in [5, 5.41) is 7.06. The molecular weight excluding hydrogens is 160 g/mol. The van der Waals surface area contributed by atoms with E-state index >= 15 is 0 Å². The van der Waals surface area contributed by atoms with Gasteiger partial charge in [0.15, 0.2) is 0 Å². The first-order valence-corrected chi connectivity index (χ1v) is 5.79. The fourth-order valence-electron chi connectivity index (χ4n) is 2.20. The van der Waals surface area contributed by atoms with Gasteiger partial charge in [-0.25, -0.2) is 0 Å². The van der Waals surface area contributed by atoms with Crippen LogP contribution in [0.15, 0.2) is 0 Å². The summed E-state index contributed by atoms with van der Waals surface area (Å²) in [5.41, 5.74) is 0.512. The number of nitrogens with one attached hydrogen (secondary N) is 2. The predicted molar refractivity (Wildman–Crippen MR) is 58.0 cm³/mol. The summed E-state index contributed by atoms with van der Waals surface area (Å²) in [5.74, 6) is 0. The van der Waals surface area contributed by atoms with E-state index in [-0.39, 0.29) is 0 Å². The van der Waals surface area contributed by atoms with E-state index in [2.05, 4.69) is 24.5 Å². The van der Waals surface area contributed by atoms with Crippen LogP contribution in [0.2, 0.25) is 0 Å². The van der Waals surface area contributed by atoms with Gasteiger partial charge in [-0.15, -0.1) is 0 Å². The minimum atomic E-state index is 0.512. The molecule has 2 saturated heterocycles. The van der Waals surface area contributed by atoms with E-state index in [0.717, 1.165) is 0 Å². The van der Waals surface area contributed by atoms with Crippen molar-refractivity contribution in [3.05, 3.63) is 0 Å². The van der Waals surface area contributed by atoms with Gasteiger partial charge in [0.25, 0.3) is 0 Å². The third-order valence-corrected chi connectivity index (χ3v) is 2.80. The van der Waals surface area contributed by atoms with Gasteiger partial charge in [-0.05, 0) is 38.8 Å². The summed E-state index contributed by atoms with van der Waals surface area (Å²) in [6, 6.07) is 0. The molecule has 0 radical (unpaired) electrons. The van der Waals surface area contributed by atoms with Gasteiger partial charge in [0, 0.05) is 12.1 Å². The van der Waals surface area contributed by atoms with Crippen molar-refractivity contribution in [1.82, 2.24) is 10.6 Å². The van der Waals surface area contributed by atoms with Crippen LogP contribution in [0.1, 0.15) is 46.0 Å². The van der Waals surface area contributed by atoms with E-state index in [1.54, 1.807) is 0 Å². The zero-order valence-electron chi connectivity index (χ0n) is 9.16. The molecule has 0 saturated carbocycles. The van der Waals surface area contributed by atoms with Gasteiger partial charge in [0.1, 0.15) is 0 Å². The molecule has 1 atom stereocenters. The Labute approximate surface area is 82.5 Å². The lowest BCUT2D eigenvalue weighted by atomic mass is 9.89. The van der Waals surface area contributed by atoms with Gasteiger partial charge in [0.05, 0.1) is 0 Å². The zero-order chi connectivity index (χ0) is 9.57.